The zero-order chi connectivity index (χ0) is 22.9. The molecule has 0 saturated heterocycles. The van der Waals surface area contributed by atoms with Crippen LogP contribution in [0.2, 0.25) is 0 Å². The summed E-state index contributed by atoms with van der Waals surface area (Å²) in [6.07, 6.45) is 7.73. The maximum absolute atomic E-state index is 13.0. The summed E-state index contributed by atoms with van der Waals surface area (Å²) >= 11 is 0. The number of allylic oxidation sites excluding steroid dienone is 1. The Kier molecular flexibility index (Phi) is 8.14. The van der Waals surface area contributed by atoms with Crippen LogP contribution in [0.1, 0.15) is 44.6 Å². The third-order valence-electron chi connectivity index (χ3n) is 5.92. The van der Waals surface area contributed by atoms with E-state index in [0.717, 1.165) is 62.5 Å². The van der Waals surface area contributed by atoms with Crippen molar-refractivity contribution in [1.82, 2.24) is 5.32 Å². The largest absolute Gasteiger partial charge is 0.494 e. The van der Waals surface area contributed by atoms with Crippen LogP contribution < -0.4 is 15.4 Å². The number of anilines is 1. The Morgan fingerprint density at radius 1 is 1.03 bits per heavy atom. The molecule has 2 aromatic carbocycles. The first-order chi connectivity index (χ1) is 16.2. The monoisotopic (exact) mass is 448 g/mol. The van der Waals surface area contributed by atoms with Gasteiger partial charge in [0.05, 0.1) is 19.3 Å². The fourth-order valence-electron chi connectivity index (χ4n) is 4.08. The maximum Gasteiger partial charge on any atom is 0.317 e. The molecule has 6 nitrogen and oxygen atoms in total. The second kappa shape index (κ2) is 11.7. The first kappa shape index (κ1) is 23.1. The van der Waals surface area contributed by atoms with Gasteiger partial charge in [-0.2, -0.15) is 4.58 Å². The molecule has 1 heterocycles. The molecule has 1 fully saturated rings. The lowest BCUT2D eigenvalue weighted by atomic mass is 9.98. The summed E-state index contributed by atoms with van der Waals surface area (Å²) in [7, 11) is 0. The van der Waals surface area contributed by atoms with Gasteiger partial charge in [0.25, 0.3) is 11.7 Å². The molecule has 0 radical (unpaired) electrons. The highest BCUT2D eigenvalue weighted by Crippen LogP contribution is 2.26. The van der Waals surface area contributed by atoms with Crippen LogP contribution in [0.3, 0.4) is 0 Å². The van der Waals surface area contributed by atoms with Gasteiger partial charge in [0.1, 0.15) is 5.75 Å². The van der Waals surface area contributed by atoms with Gasteiger partial charge in [0.15, 0.2) is 6.54 Å². The molecule has 33 heavy (non-hydrogen) atoms. The smallest absolute Gasteiger partial charge is 0.317 e. The lowest BCUT2D eigenvalue weighted by molar-refractivity contribution is -0.404. The summed E-state index contributed by atoms with van der Waals surface area (Å²) < 4.78 is 13.8. The van der Waals surface area contributed by atoms with Crippen LogP contribution >= 0.6 is 0 Å². The zero-order valence-electron chi connectivity index (χ0n) is 19.4. The van der Waals surface area contributed by atoms with Crippen LogP contribution in [-0.4, -0.2) is 42.5 Å². The fraction of sp³-hybridized carbons (Fsp3) is 0.407. The minimum absolute atomic E-state index is 0.122. The van der Waals surface area contributed by atoms with E-state index in [1.54, 1.807) is 0 Å². The van der Waals surface area contributed by atoms with Gasteiger partial charge in [0, 0.05) is 12.2 Å². The average molecular weight is 449 g/mol. The molecule has 0 spiro atoms. The predicted octanol–water partition coefficient (Wildman–Crippen LogP) is 4.47. The van der Waals surface area contributed by atoms with Gasteiger partial charge in [-0.25, -0.2) is 0 Å². The normalized spacial score (nSPS) is 17.2. The van der Waals surface area contributed by atoms with E-state index in [1.165, 1.54) is 12.0 Å². The second-order valence-corrected chi connectivity index (χ2v) is 8.49. The van der Waals surface area contributed by atoms with E-state index in [4.69, 9.17) is 9.47 Å². The van der Waals surface area contributed by atoms with Gasteiger partial charge in [-0.1, -0.05) is 36.8 Å². The number of amides is 1. The highest BCUT2D eigenvalue weighted by Gasteiger charge is 2.38. The van der Waals surface area contributed by atoms with Gasteiger partial charge in [0.2, 0.25) is 6.21 Å². The summed E-state index contributed by atoms with van der Waals surface area (Å²) in [5.41, 5.74) is 2.88. The summed E-state index contributed by atoms with van der Waals surface area (Å²) in [6.45, 7) is 5.06. The summed E-state index contributed by atoms with van der Waals surface area (Å²) in [4.78, 5) is 13.0. The molecule has 2 aliphatic rings. The number of benzene rings is 2. The van der Waals surface area contributed by atoms with E-state index in [9.17, 15) is 4.79 Å². The molecule has 1 aliphatic carbocycles. The molecule has 4 rings (SSSR count). The van der Waals surface area contributed by atoms with Gasteiger partial charge in [-0.3, -0.25) is 4.79 Å². The lowest BCUT2D eigenvalue weighted by Gasteiger charge is -2.23. The Morgan fingerprint density at radius 3 is 2.52 bits per heavy atom. The van der Waals surface area contributed by atoms with Crippen LogP contribution in [-0.2, 0) is 16.1 Å². The summed E-state index contributed by atoms with van der Waals surface area (Å²) in [6, 6.07) is 17.7. The van der Waals surface area contributed by atoms with Gasteiger partial charge in [-0.15, -0.1) is 0 Å². The highest BCUT2D eigenvalue weighted by molar-refractivity contribution is 6.06. The van der Waals surface area contributed by atoms with Crippen molar-refractivity contribution < 1.29 is 18.8 Å². The lowest BCUT2D eigenvalue weighted by Crippen LogP contribution is -2.25. The first-order valence-electron chi connectivity index (χ1n) is 12.0. The molecular formula is C27H34N3O3+. The molecule has 1 amide bonds. The highest BCUT2D eigenvalue weighted by atomic mass is 16.5. The molecule has 2 N–H and O–H groups in total. The van der Waals surface area contributed by atoms with E-state index < -0.39 is 0 Å². The van der Waals surface area contributed by atoms with Crippen molar-refractivity contribution in [1.29, 1.82) is 0 Å². The van der Waals surface area contributed by atoms with Crippen LogP contribution in [0.4, 0.5) is 5.69 Å². The Balaban J connectivity index is 1.31. The topological polar surface area (TPSA) is 62.6 Å². The third kappa shape index (κ3) is 6.93. The predicted molar refractivity (Wildman–Crippen MR) is 131 cm³/mol. The van der Waals surface area contributed by atoms with Gasteiger partial charge in [-0.05, 0) is 62.4 Å². The van der Waals surface area contributed by atoms with Crippen LogP contribution in [0, 0.1) is 0 Å². The SMILES string of the molecule is CCOc1ccc(CNCC[N+]2=CC/2=C(/OC2CCCCC2)C(=O)Nc2ccccc2)cc1. The number of carbonyl (C=O) groups is 1. The fourth-order valence-corrected chi connectivity index (χ4v) is 4.08. The number of nitrogens with one attached hydrogen (secondary N) is 2. The molecule has 174 valence electrons. The molecular weight excluding hydrogens is 414 g/mol. The number of carbonyl (C=O) groups excluding carboxylic acids is 1. The van der Waals surface area contributed by atoms with Crippen molar-refractivity contribution in [3.8, 4) is 5.75 Å². The maximum atomic E-state index is 13.0. The van der Waals surface area contributed by atoms with Gasteiger partial charge >= 0.3 is 5.70 Å². The third-order valence-corrected chi connectivity index (χ3v) is 5.92. The molecule has 1 saturated carbocycles. The minimum atomic E-state index is -0.178. The quantitative estimate of drug-likeness (QED) is 0.230. The van der Waals surface area contributed by atoms with Gasteiger partial charge < -0.3 is 20.1 Å². The number of nitrogens with zero attached hydrogens (tertiary/aromatic N) is 1. The van der Waals surface area contributed by atoms with E-state index in [-0.39, 0.29) is 12.0 Å². The molecule has 6 heteroatoms. The average Bonchev–Trinajstić information content (AvgIpc) is 3.62. The standard InChI is InChI=1S/C27H33N3O3/c1-2-32-23-15-13-21(14-16-23)19-28-17-18-30-20-25(30)26(33-24-11-7-4-8-12-24)27(31)29-22-9-5-3-6-10-22/h3,5-6,9-10,13-16,20,24,28H,2,4,7-8,11-12,17-19H2,1H3/p+1/b26-25-. The van der Waals surface area contributed by atoms with E-state index >= 15 is 0 Å². The number of hydrogen-bond donors (Lipinski definition) is 2. The van der Waals surface area contributed by atoms with Crippen molar-refractivity contribution in [2.24, 2.45) is 0 Å². The van der Waals surface area contributed by atoms with Crippen molar-refractivity contribution in [3.63, 3.8) is 0 Å². The minimum Gasteiger partial charge on any atom is -0.494 e. The van der Waals surface area contributed by atoms with E-state index in [1.807, 2.05) is 55.6 Å². The molecule has 1 aliphatic heterocycles. The second-order valence-electron chi connectivity index (χ2n) is 8.49. The molecule has 0 bridgehead atoms. The Bertz CT molecular complexity index is 977. The van der Waals surface area contributed by atoms with Crippen molar-refractivity contribution in [2.45, 2.75) is 51.7 Å². The van der Waals surface area contributed by atoms with Crippen molar-refractivity contribution >= 4 is 17.8 Å². The molecule has 0 atom stereocenters. The number of hydrogen-bond acceptors (Lipinski definition) is 4. The Labute approximate surface area is 196 Å². The number of ether oxygens (including phenoxy) is 2. The van der Waals surface area contributed by atoms with Crippen LogP contribution in [0.5, 0.6) is 5.75 Å². The van der Waals surface area contributed by atoms with Crippen molar-refractivity contribution in [3.05, 3.63) is 71.6 Å². The Hall–Kier alpha value is -3.12. The number of rotatable bonds is 11. The van der Waals surface area contributed by atoms with Crippen molar-refractivity contribution in [2.75, 3.05) is 25.0 Å². The molecule has 0 aromatic heterocycles. The number of para-hydroxylation sites is 1. The first-order valence-corrected chi connectivity index (χ1v) is 12.0. The summed E-state index contributed by atoms with van der Waals surface area (Å²) in [5, 5.41) is 6.45. The summed E-state index contributed by atoms with van der Waals surface area (Å²) in [5.74, 6) is 1.16. The zero-order valence-corrected chi connectivity index (χ0v) is 19.4. The van der Waals surface area contributed by atoms with E-state index in [0.29, 0.717) is 12.4 Å². The molecule has 0 unspecified atom stereocenters. The molecule has 2 aromatic rings. The van der Waals surface area contributed by atoms with Crippen LogP contribution in [0.15, 0.2) is 66.1 Å². The van der Waals surface area contributed by atoms with Crippen LogP contribution in [0.25, 0.3) is 0 Å². The van der Waals surface area contributed by atoms with E-state index in [2.05, 4.69) is 27.3 Å². The Morgan fingerprint density at radius 2 is 1.79 bits per heavy atom.